The van der Waals surface area contributed by atoms with Gasteiger partial charge in [-0.3, -0.25) is 0 Å². The SMILES string of the molecule is CC(C)c1cc2c(c(C(C)C)c1)CCCO2. The van der Waals surface area contributed by atoms with Crippen LogP contribution in [0, 0.1) is 0 Å². The van der Waals surface area contributed by atoms with Crippen LogP contribution < -0.4 is 4.74 Å². The Morgan fingerprint density at radius 2 is 1.81 bits per heavy atom. The Bertz CT molecular complexity index is 377. The highest BCUT2D eigenvalue weighted by molar-refractivity contribution is 5.47. The summed E-state index contributed by atoms with van der Waals surface area (Å²) in [5, 5.41) is 0. The minimum atomic E-state index is 0.577. The van der Waals surface area contributed by atoms with Crippen molar-refractivity contribution in [1.29, 1.82) is 0 Å². The molecule has 0 radical (unpaired) electrons. The second kappa shape index (κ2) is 4.48. The highest BCUT2D eigenvalue weighted by atomic mass is 16.5. The molecule has 1 heterocycles. The predicted octanol–water partition coefficient (Wildman–Crippen LogP) is 4.26. The molecule has 1 heteroatoms. The fraction of sp³-hybridized carbons (Fsp3) is 0.600. The molecule has 88 valence electrons. The summed E-state index contributed by atoms with van der Waals surface area (Å²) in [6.45, 7) is 9.91. The number of fused-ring (bicyclic) bond motifs is 1. The highest BCUT2D eigenvalue weighted by Gasteiger charge is 2.18. The summed E-state index contributed by atoms with van der Waals surface area (Å²) < 4.78 is 5.81. The third-order valence-corrected chi connectivity index (χ3v) is 3.38. The van der Waals surface area contributed by atoms with Crippen LogP contribution in [-0.4, -0.2) is 6.61 Å². The van der Waals surface area contributed by atoms with Gasteiger partial charge in [-0.2, -0.15) is 0 Å². The molecule has 16 heavy (non-hydrogen) atoms. The summed E-state index contributed by atoms with van der Waals surface area (Å²) in [6, 6.07) is 4.62. The smallest absolute Gasteiger partial charge is 0.123 e. The average molecular weight is 218 g/mol. The second-order valence-electron chi connectivity index (χ2n) is 5.35. The van der Waals surface area contributed by atoms with Gasteiger partial charge in [-0.25, -0.2) is 0 Å². The van der Waals surface area contributed by atoms with E-state index < -0.39 is 0 Å². The van der Waals surface area contributed by atoms with Gasteiger partial charge in [0.15, 0.2) is 0 Å². The standard InChI is InChI=1S/C15H22O/c1-10(2)12-8-14(11(3)4)13-6-5-7-16-15(13)9-12/h8-11H,5-7H2,1-4H3. The van der Waals surface area contributed by atoms with Crippen molar-refractivity contribution in [3.63, 3.8) is 0 Å². The molecule has 0 saturated carbocycles. The van der Waals surface area contributed by atoms with Gasteiger partial charge in [-0.1, -0.05) is 33.8 Å². The van der Waals surface area contributed by atoms with E-state index in [4.69, 9.17) is 4.74 Å². The van der Waals surface area contributed by atoms with Crippen molar-refractivity contribution >= 4 is 0 Å². The quantitative estimate of drug-likeness (QED) is 0.720. The van der Waals surface area contributed by atoms with Crippen molar-refractivity contribution in [3.05, 3.63) is 28.8 Å². The summed E-state index contributed by atoms with van der Waals surface area (Å²) in [5.74, 6) is 2.31. The van der Waals surface area contributed by atoms with Crippen LogP contribution in [0.2, 0.25) is 0 Å². The van der Waals surface area contributed by atoms with Gasteiger partial charge in [0.1, 0.15) is 5.75 Å². The Balaban J connectivity index is 2.52. The third-order valence-electron chi connectivity index (χ3n) is 3.38. The molecule has 0 fully saturated rings. The first-order valence-corrected chi connectivity index (χ1v) is 6.39. The molecule has 0 bridgehead atoms. The van der Waals surface area contributed by atoms with Gasteiger partial charge in [0.25, 0.3) is 0 Å². The van der Waals surface area contributed by atoms with Crippen LogP contribution in [0.3, 0.4) is 0 Å². The first-order chi connectivity index (χ1) is 7.59. The molecule has 0 N–H and O–H groups in total. The van der Waals surface area contributed by atoms with Gasteiger partial charge in [-0.15, -0.1) is 0 Å². The fourth-order valence-corrected chi connectivity index (χ4v) is 2.36. The van der Waals surface area contributed by atoms with Crippen molar-refractivity contribution in [2.45, 2.75) is 52.4 Å². The minimum Gasteiger partial charge on any atom is -0.493 e. The molecule has 0 aliphatic carbocycles. The van der Waals surface area contributed by atoms with Gasteiger partial charge < -0.3 is 4.74 Å². The second-order valence-corrected chi connectivity index (χ2v) is 5.35. The summed E-state index contributed by atoms with van der Waals surface area (Å²) in [7, 11) is 0. The predicted molar refractivity (Wildman–Crippen MR) is 68.4 cm³/mol. The fourth-order valence-electron chi connectivity index (χ4n) is 2.36. The number of benzene rings is 1. The van der Waals surface area contributed by atoms with E-state index in [1.165, 1.54) is 23.1 Å². The van der Waals surface area contributed by atoms with Crippen molar-refractivity contribution < 1.29 is 4.74 Å². The largest absolute Gasteiger partial charge is 0.493 e. The molecule has 1 nitrogen and oxygen atoms in total. The normalized spacial score (nSPS) is 15.1. The Hall–Kier alpha value is -0.980. The lowest BCUT2D eigenvalue weighted by Crippen LogP contribution is -2.12. The molecule has 0 unspecified atom stereocenters. The van der Waals surface area contributed by atoms with Crippen LogP contribution in [0.4, 0.5) is 0 Å². The van der Waals surface area contributed by atoms with Gasteiger partial charge in [0.2, 0.25) is 0 Å². The van der Waals surface area contributed by atoms with Crippen LogP contribution in [-0.2, 0) is 6.42 Å². The average Bonchev–Trinajstić information content (AvgIpc) is 2.27. The Morgan fingerprint density at radius 1 is 1.06 bits per heavy atom. The topological polar surface area (TPSA) is 9.23 Å². The summed E-state index contributed by atoms with van der Waals surface area (Å²) in [4.78, 5) is 0. The number of rotatable bonds is 2. The Kier molecular flexibility index (Phi) is 3.22. The van der Waals surface area contributed by atoms with Crippen molar-refractivity contribution in [2.24, 2.45) is 0 Å². The van der Waals surface area contributed by atoms with Gasteiger partial charge >= 0.3 is 0 Å². The number of ether oxygens (including phenoxy) is 1. The third kappa shape index (κ3) is 2.09. The first kappa shape index (κ1) is 11.5. The van der Waals surface area contributed by atoms with Gasteiger partial charge in [-0.05, 0) is 47.4 Å². The molecule has 0 saturated heterocycles. The lowest BCUT2D eigenvalue weighted by atomic mass is 9.88. The Labute approximate surface area is 98.8 Å². The molecule has 1 aliphatic rings. The van der Waals surface area contributed by atoms with Crippen LogP contribution in [0.15, 0.2) is 12.1 Å². The van der Waals surface area contributed by atoms with Crippen molar-refractivity contribution in [3.8, 4) is 5.75 Å². The van der Waals surface area contributed by atoms with Gasteiger partial charge in [0.05, 0.1) is 6.61 Å². The van der Waals surface area contributed by atoms with Crippen LogP contribution in [0.5, 0.6) is 5.75 Å². The molecule has 1 aliphatic heterocycles. The zero-order chi connectivity index (χ0) is 11.7. The molecule has 1 aromatic carbocycles. The molecular weight excluding hydrogens is 196 g/mol. The lowest BCUT2D eigenvalue weighted by Gasteiger charge is -2.24. The van der Waals surface area contributed by atoms with E-state index in [-0.39, 0.29) is 0 Å². The molecule has 1 aromatic rings. The maximum Gasteiger partial charge on any atom is 0.123 e. The summed E-state index contributed by atoms with van der Waals surface area (Å²) in [5.41, 5.74) is 4.34. The maximum absolute atomic E-state index is 5.81. The molecular formula is C15H22O. The molecule has 2 rings (SSSR count). The number of hydrogen-bond donors (Lipinski definition) is 0. The summed E-state index contributed by atoms with van der Waals surface area (Å²) in [6.07, 6.45) is 2.34. The van der Waals surface area contributed by atoms with Crippen molar-refractivity contribution in [2.75, 3.05) is 6.61 Å². The van der Waals surface area contributed by atoms with E-state index in [1.54, 1.807) is 0 Å². The molecule has 0 aromatic heterocycles. The minimum absolute atomic E-state index is 0.577. The zero-order valence-electron chi connectivity index (χ0n) is 10.8. The van der Waals surface area contributed by atoms with Crippen LogP contribution >= 0.6 is 0 Å². The number of hydrogen-bond acceptors (Lipinski definition) is 1. The van der Waals surface area contributed by atoms with E-state index in [2.05, 4.69) is 39.8 Å². The first-order valence-electron chi connectivity index (χ1n) is 6.39. The van der Waals surface area contributed by atoms with E-state index in [0.717, 1.165) is 18.8 Å². The van der Waals surface area contributed by atoms with Gasteiger partial charge in [0, 0.05) is 0 Å². The summed E-state index contributed by atoms with van der Waals surface area (Å²) >= 11 is 0. The van der Waals surface area contributed by atoms with E-state index >= 15 is 0 Å². The monoisotopic (exact) mass is 218 g/mol. The van der Waals surface area contributed by atoms with Crippen molar-refractivity contribution in [1.82, 2.24) is 0 Å². The molecule has 0 spiro atoms. The van der Waals surface area contributed by atoms with Crippen LogP contribution in [0.25, 0.3) is 0 Å². The maximum atomic E-state index is 5.81. The Morgan fingerprint density at radius 3 is 2.44 bits per heavy atom. The van der Waals surface area contributed by atoms with Crippen LogP contribution in [0.1, 0.15) is 62.6 Å². The lowest BCUT2D eigenvalue weighted by molar-refractivity contribution is 0.286. The molecule has 0 amide bonds. The van der Waals surface area contributed by atoms with E-state index in [9.17, 15) is 0 Å². The molecule has 0 atom stereocenters. The van der Waals surface area contributed by atoms with E-state index in [1.807, 2.05) is 0 Å². The highest BCUT2D eigenvalue weighted by Crippen LogP contribution is 2.35. The zero-order valence-corrected chi connectivity index (χ0v) is 10.8. The van der Waals surface area contributed by atoms with E-state index in [0.29, 0.717) is 11.8 Å².